The molecule has 0 saturated carbocycles. The van der Waals surface area contributed by atoms with Crippen molar-refractivity contribution in [2.45, 2.75) is 26.8 Å². The van der Waals surface area contributed by atoms with E-state index in [0.717, 1.165) is 39.4 Å². The molecule has 0 radical (unpaired) electrons. The summed E-state index contributed by atoms with van der Waals surface area (Å²) in [5.41, 5.74) is 3.38. The molecule has 26 heavy (non-hydrogen) atoms. The molecule has 2 aromatic carbocycles. The number of aryl methyl sites for hydroxylation is 2. The van der Waals surface area contributed by atoms with Crippen molar-refractivity contribution in [1.29, 1.82) is 0 Å². The number of hydrogen-bond acceptors (Lipinski definition) is 3. The van der Waals surface area contributed by atoms with Crippen molar-refractivity contribution >= 4 is 49.8 Å². The van der Waals surface area contributed by atoms with E-state index in [1.807, 2.05) is 54.0 Å². The highest BCUT2D eigenvalue weighted by Crippen LogP contribution is 2.29. The van der Waals surface area contributed by atoms with Crippen LogP contribution in [0.3, 0.4) is 0 Å². The lowest BCUT2D eigenvalue weighted by atomic mass is 10.1. The number of para-hydroxylation sites is 2. The van der Waals surface area contributed by atoms with Crippen LogP contribution in [0.25, 0.3) is 22.0 Å². The smallest absolute Gasteiger partial charge is 0.294 e. The van der Waals surface area contributed by atoms with Gasteiger partial charge in [0.2, 0.25) is 5.95 Å². The monoisotopic (exact) mass is 411 g/mol. The van der Waals surface area contributed by atoms with Crippen LogP contribution in [0, 0.1) is 6.92 Å². The molecule has 1 amide bonds. The molecule has 0 atom stereocenters. The van der Waals surface area contributed by atoms with Crippen LogP contribution in [0.5, 0.6) is 0 Å². The summed E-state index contributed by atoms with van der Waals surface area (Å²) < 4.78 is 8.77. The summed E-state index contributed by atoms with van der Waals surface area (Å²) in [5.74, 6) is 0.565. The van der Waals surface area contributed by atoms with Crippen LogP contribution in [0.2, 0.25) is 0 Å². The fourth-order valence-corrected chi connectivity index (χ4v) is 3.55. The Hall–Kier alpha value is -2.60. The number of hydrogen-bond donors (Lipinski definition) is 1. The maximum absolute atomic E-state index is 12.9. The number of fused-ring (bicyclic) bond motifs is 2. The second-order valence-electron chi connectivity index (χ2n) is 6.23. The van der Waals surface area contributed by atoms with Gasteiger partial charge < -0.3 is 8.98 Å². The number of carbonyl (C=O) groups excluding carboxylic acids is 1. The number of amides is 1. The Morgan fingerprint density at radius 3 is 2.88 bits per heavy atom. The number of aromatic nitrogens is 2. The Morgan fingerprint density at radius 1 is 1.27 bits per heavy atom. The van der Waals surface area contributed by atoms with E-state index in [-0.39, 0.29) is 5.91 Å². The number of furan rings is 1. The minimum Gasteiger partial charge on any atom is -0.451 e. The van der Waals surface area contributed by atoms with Gasteiger partial charge in [-0.2, -0.15) is 0 Å². The topological polar surface area (TPSA) is 60.1 Å². The third-order valence-corrected chi connectivity index (χ3v) is 4.92. The lowest BCUT2D eigenvalue weighted by molar-refractivity contribution is 0.0996. The summed E-state index contributed by atoms with van der Waals surface area (Å²) in [4.78, 5) is 17.4. The van der Waals surface area contributed by atoms with E-state index < -0.39 is 0 Å². The Labute approximate surface area is 159 Å². The number of nitrogens with zero attached hydrogens (tertiary/aromatic N) is 2. The number of benzene rings is 2. The molecule has 0 aliphatic carbocycles. The maximum atomic E-state index is 12.9. The highest BCUT2D eigenvalue weighted by molar-refractivity contribution is 9.10. The zero-order valence-electron chi connectivity index (χ0n) is 14.5. The van der Waals surface area contributed by atoms with Crippen LogP contribution < -0.4 is 5.32 Å². The standard InChI is InChI=1S/C20H18BrN3O2/c1-3-10-24-16-7-5-4-6-15(16)22-20(24)23-19(25)18-12(2)14-11-13(21)8-9-17(14)26-18/h4-9,11H,3,10H2,1-2H3,(H,22,23,25). The largest absolute Gasteiger partial charge is 0.451 e. The molecule has 5 nitrogen and oxygen atoms in total. The van der Waals surface area contributed by atoms with Crippen LogP contribution in [0.4, 0.5) is 5.95 Å². The van der Waals surface area contributed by atoms with Crippen molar-refractivity contribution in [3.8, 4) is 0 Å². The molecule has 4 aromatic rings. The summed E-state index contributed by atoms with van der Waals surface area (Å²) in [7, 11) is 0. The quantitative estimate of drug-likeness (QED) is 0.481. The number of carbonyl (C=O) groups is 1. The number of imidazole rings is 1. The van der Waals surface area contributed by atoms with Crippen molar-refractivity contribution in [2.75, 3.05) is 5.32 Å². The number of halogens is 1. The van der Waals surface area contributed by atoms with Crippen LogP contribution in [-0.2, 0) is 6.54 Å². The molecule has 0 saturated heterocycles. The molecule has 4 rings (SSSR count). The van der Waals surface area contributed by atoms with Crippen molar-refractivity contribution in [1.82, 2.24) is 9.55 Å². The van der Waals surface area contributed by atoms with Crippen molar-refractivity contribution < 1.29 is 9.21 Å². The van der Waals surface area contributed by atoms with E-state index in [1.165, 1.54) is 0 Å². The van der Waals surface area contributed by atoms with Crippen molar-refractivity contribution in [3.05, 3.63) is 58.3 Å². The molecule has 0 spiro atoms. The van der Waals surface area contributed by atoms with Crippen LogP contribution in [0.15, 0.2) is 51.4 Å². The fourth-order valence-electron chi connectivity index (χ4n) is 3.19. The van der Waals surface area contributed by atoms with Gasteiger partial charge in [0.05, 0.1) is 11.0 Å². The zero-order valence-corrected chi connectivity index (χ0v) is 16.1. The second kappa shape index (κ2) is 6.61. The number of nitrogens with one attached hydrogen (secondary N) is 1. The highest BCUT2D eigenvalue weighted by atomic mass is 79.9. The average molecular weight is 412 g/mol. The summed E-state index contributed by atoms with van der Waals surface area (Å²) in [6.07, 6.45) is 0.945. The molecular formula is C20H18BrN3O2. The van der Waals surface area contributed by atoms with Gasteiger partial charge in [-0.05, 0) is 43.7 Å². The van der Waals surface area contributed by atoms with E-state index in [4.69, 9.17) is 4.42 Å². The van der Waals surface area contributed by atoms with Crippen molar-refractivity contribution in [3.63, 3.8) is 0 Å². The summed E-state index contributed by atoms with van der Waals surface area (Å²) in [5, 5.41) is 3.85. The molecule has 0 aliphatic rings. The maximum Gasteiger partial charge on any atom is 0.294 e. The Morgan fingerprint density at radius 2 is 2.08 bits per heavy atom. The molecular weight excluding hydrogens is 394 g/mol. The first-order valence-corrected chi connectivity index (χ1v) is 9.33. The molecule has 0 unspecified atom stereocenters. The lowest BCUT2D eigenvalue weighted by Crippen LogP contribution is -2.16. The molecule has 0 fully saturated rings. The first-order valence-electron chi connectivity index (χ1n) is 8.53. The molecule has 2 aromatic heterocycles. The fraction of sp³-hybridized carbons (Fsp3) is 0.200. The van der Waals surface area contributed by atoms with Gasteiger partial charge in [0.1, 0.15) is 5.58 Å². The van der Waals surface area contributed by atoms with Crippen molar-refractivity contribution in [2.24, 2.45) is 0 Å². The predicted molar refractivity (Wildman–Crippen MR) is 107 cm³/mol. The molecule has 132 valence electrons. The first kappa shape index (κ1) is 16.8. The molecule has 6 heteroatoms. The van der Waals surface area contributed by atoms with Crippen LogP contribution in [0.1, 0.15) is 29.5 Å². The minimum absolute atomic E-state index is 0.289. The predicted octanol–water partition coefficient (Wildman–Crippen LogP) is 5.52. The third-order valence-electron chi connectivity index (χ3n) is 4.43. The highest BCUT2D eigenvalue weighted by Gasteiger charge is 2.20. The van der Waals surface area contributed by atoms with E-state index in [1.54, 1.807) is 0 Å². The van der Waals surface area contributed by atoms with Gasteiger partial charge in [-0.15, -0.1) is 0 Å². The summed E-state index contributed by atoms with van der Waals surface area (Å²) in [6, 6.07) is 13.6. The zero-order chi connectivity index (χ0) is 18.3. The van der Waals surface area contributed by atoms with Crippen LogP contribution in [-0.4, -0.2) is 15.5 Å². The van der Waals surface area contributed by atoms with E-state index in [9.17, 15) is 4.79 Å². The number of anilines is 1. The summed E-state index contributed by atoms with van der Waals surface area (Å²) in [6.45, 7) is 4.77. The summed E-state index contributed by atoms with van der Waals surface area (Å²) >= 11 is 3.46. The van der Waals surface area contributed by atoms with E-state index in [0.29, 0.717) is 17.3 Å². The van der Waals surface area contributed by atoms with Gasteiger partial charge in [-0.25, -0.2) is 4.98 Å². The number of rotatable bonds is 4. The first-order chi connectivity index (χ1) is 12.6. The lowest BCUT2D eigenvalue weighted by Gasteiger charge is -2.08. The minimum atomic E-state index is -0.289. The van der Waals surface area contributed by atoms with E-state index in [2.05, 4.69) is 33.2 Å². The average Bonchev–Trinajstić information content (AvgIpc) is 3.14. The normalized spacial score (nSPS) is 11.3. The molecule has 0 bridgehead atoms. The molecule has 2 heterocycles. The third kappa shape index (κ3) is 2.80. The van der Waals surface area contributed by atoms with Crippen LogP contribution >= 0.6 is 15.9 Å². The molecule has 1 N–H and O–H groups in total. The Bertz CT molecular complexity index is 1130. The van der Waals surface area contributed by atoms with Gasteiger partial charge in [0.25, 0.3) is 5.91 Å². The second-order valence-corrected chi connectivity index (χ2v) is 7.14. The molecule has 0 aliphatic heterocycles. The van der Waals surface area contributed by atoms with Gasteiger partial charge >= 0.3 is 0 Å². The Kier molecular flexibility index (Phi) is 4.28. The van der Waals surface area contributed by atoms with Gasteiger partial charge in [0.15, 0.2) is 5.76 Å². The van der Waals surface area contributed by atoms with Gasteiger partial charge in [-0.1, -0.05) is 35.0 Å². The van der Waals surface area contributed by atoms with Gasteiger partial charge in [-0.3, -0.25) is 10.1 Å². The van der Waals surface area contributed by atoms with E-state index >= 15 is 0 Å². The SMILES string of the molecule is CCCn1c(NC(=O)c2oc3ccc(Br)cc3c2C)nc2ccccc21. The Balaban J connectivity index is 1.74. The van der Waals surface area contributed by atoms with Gasteiger partial charge in [0, 0.05) is 22.0 Å².